The van der Waals surface area contributed by atoms with E-state index in [1.54, 1.807) is 6.07 Å². The van der Waals surface area contributed by atoms with Gasteiger partial charge >= 0.3 is 0 Å². The van der Waals surface area contributed by atoms with Crippen molar-refractivity contribution in [3.05, 3.63) is 93.5 Å². The molecule has 0 spiro atoms. The third-order valence-corrected chi connectivity index (χ3v) is 4.91. The number of hydrogen-bond donors (Lipinski definition) is 0. The van der Waals surface area contributed by atoms with Gasteiger partial charge in [-0.25, -0.2) is 0 Å². The molecule has 30 heavy (non-hydrogen) atoms. The molecule has 0 heterocycles. The molecule has 0 radical (unpaired) electrons. The van der Waals surface area contributed by atoms with Crippen LogP contribution in [-0.4, -0.2) is 6.61 Å². The summed E-state index contributed by atoms with van der Waals surface area (Å²) in [5.74, 6) is 1.06. The van der Waals surface area contributed by atoms with Crippen molar-refractivity contribution in [2.75, 3.05) is 6.61 Å². The third kappa shape index (κ3) is 5.43. The van der Waals surface area contributed by atoms with Gasteiger partial charge in [0.05, 0.1) is 23.3 Å². The zero-order chi connectivity index (χ0) is 21.5. The van der Waals surface area contributed by atoms with Crippen LogP contribution in [0.5, 0.6) is 11.5 Å². The highest BCUT2D eigenvalue weighted by molar-refractivity contribution is 6.32. The average Bonchev–Trinajstić information content (AvgIpc) is 2.73. The summed E-state index contributed by atoms with van der Waals surface area (Å²) in [7, 11) is 0. The number of ether oxygens (including phenoxy) is 2. The Bertz CT molecular complexity index is 1080. The van der Waals surface area contributed by atoms with Crippen LogP contribution in [0.15, 0.2) is 60.7 Å². The van der Waals surface area contributed by atoms with Crippen LogP contribution in [0.2, 0.25) is 5.02 Å². The summed E-state index contributed by atoms with van der Waals surface area (Å²) in [6.45, 7) is 6.85. The van der Waals surface area contributed by atoms with Gasteiger partial charge in [0.1, 0.15) is 6.61 Å². The summed E-state index contributed by atoms with van der Waals surface area (Å²) in [6.07, 6.45) is 1.81. The second-order valence-corrected chi connectivity index (χ2v) is 7.48. The molecule has 0 aliphatic heterocycles. The van der Waals surface area contributed by atoms with Gasteiger partial charge in [0, 0.05) is 0 Å². The molecular weight excluding hydrogens is 394 g/mol. The zero-order valence-electron chi connectivity index (χ0n) is 17.4. The predicted octanol–water partition coefficient (Wildman–Crippen LogP) is 7.00. The maximum atomic E-state index is 9.63. The standard InChI is InChI=1S/C26H24ClNO2/c1-4-29-25-15-21(13-23(16-28)22-11-7-19(3)8-12-22)14-24(27)26(25)30-17-20-9-5-18(2)6-10-20/h5-15H,4,17H2,1-3H3/b23-13-. The molecule has 0 saturated carbocycles. The first-order valence-corrected chi connectivity index (χ1v) is 10.2. The Morgan fingerprint density at radius 3 is 2.20 bits per heavy atom. The summed E-state index contributed by atoms with van der Waals surface area (Å²) in [6, 6.07) is 21.9. The van der Waals surface area contributed by atoms with E-state index in [-0.39, 0.29) is 0 Å². The van der Waals surface area contributed by atoms with E-state index in [2.05, 4.69) is 6.07 Å². The van der Waals surface area contributed by atoms with Gasteiger partial charge in [-0.3, -0.25) is 0 Å². The van der Waals surface area contributed by atoms with Gasteiger partial charge in [0.15, 0.2) is 11.5 Å². The number of halogens is 1. The summed E-state index contributed by atoms with van der Waals surface area (Å²) < 4.78 is 11.8. The lowest BCUT2D eigenvalue weighted by atomic mass is 10.0. The molecule has 0 bridgehead atoms. The minimum Gasteiger partial charge on any atom is -0.490 e. The number of nitriles is 1. The fourth-order valence-corrected chi connectivity index (χ4v) is 3.27. The predicted molar refractivity (Wildman–Crippen MR) is 123 cm³/mol. The third-order valence-electron chi connectivity index (χ3n) is 4.63. The molecule has 0 amide bonds. The molecule has 0 fully saturated rings. The largest absolute Gasteiger partial charge is 0.490 e. The fraction of sp³-hybridized carbons (Fsp3) is 0.192. The van der Waals surface area contributed by atoms with E-state index >= 15 is 0 Å². The van der Waals surface area contributed by atoms with Crippen LogP contribution in [0.25, 0.3) is 11.6 Å². The van der Waals surface area contributed by atoms with E-state index in [4.69, 9.17) is 21.1 Å². The summed E-state index contributed by atoms with van der Waals surface area (Å²) >= 11 is 6.54. The van der Waals surface area contributed by atoms with Gasteiger partial charge in [0.25, 0.3) is 0 Å². The molecule has 0 aliphatic carbocycles. The molecule has 0 aliphatic rings. The van der Waals surface area contributed by atoms with E-state index in [1.807, 2.05) is 81.4 Å². The second-order valence-electron chi connectivity index (χ2n) is 7.07. The topological polar surface area (TPSA) is 42.2 Å². The monoisotopic (exact) mass is 417 g/mol. The molecule has 0 N–H and O–H groups in total. The van der Waals surface area contributed by atoms with Crippen LogP contribution < -0.4 is 9.47 Å². The SMILES string of the molecule is CCOc1cc(/C=C(/C#N)c2ccc(C)cc2)cc(Cl)c1OCc1ccc(C)cc1. The van der Waals surface area contributed by atoms with Gasteiger partial charge in [-0.2, -0.15) is 5.26 Å². The number of hydrogen-bond acceptors (Lipinski definition) is 3. The van der Waals surface area contributed by atoms with Crippen LogP contribution in [0, 0.1) is 25.2 Å². The Balaban J connectivity index is 1.90. The Morgan fingerprint density at radius 1 is 0.967 bits per heavy atom. The van der Waals surface area contributed by atoms with Crippen molar-refractivity contribution in [1.29, 1.82) is 5.26 Å². The van der Waals surface area contributed by atoms with Crippen LogP contribution in [0.4, 0.5) is 0 Å². The first-order valence-electron chi connectivity index (χ1n) is 9.83. The minimum absolute atomic E-state index is 0.391. The Kier molecular flexibility index (Phi) is 7.17. The number of aryl methyl sites for hydroxylation is 2. The lowest BCUT2D eigenvalue weighted by Gasteiger charge is -2.15. The lowest BCUT2D eigenvalue weighted by Crippen LogP contribution is -2.01. The fourth-order valence-electron chi connectivity index (χ4n) is 2.99. The summed E-state index contributed by atoms with van der Waals surface area (Å²) in [5, 5.41) is 10.1. The minimum atomic E-state index is 0.391. The van der Waals surface area contributed by atoms with Crippen molar-refractivity contribution in [3.63, 3.8) is 0 Å². The number of allylic oxidation sites excluding steroid dienone is 1. The van der Waals surface area contributed by atoms with E-state index in [9.17, 15) is 5.26 Å². The molecule has 0 aromatic heterocycles. The van der Waals surface area contributed by atoms with Crippen molar-refractivity contribution in [2.24, 2.45) is 0 Å². The lowest BCUT2D eigenvalue weighted by molar-refractivity contribution is 0.269. The van der Waals surface area contributed by atoms with Crippen molar-refractivity contribution in [1.82, 2.24) is 0 Å². The normalized spacial score (nSPS) is 11.1. The van der Waals surface area contributed by atoms with Gasteiger partial charge in [-0.15, -0.1) is 0 Å². The molecule has 0 unspecified atom stereocenters. The Hall–Kier alpha value is -3.22. The Labute approximate surface area is 183 Å². The van der Waals surface area contributed by atoms with Crippen molar-refractivity contribution < 1.29 is 9.47 Å². The zero-order valence-corrected chi connectivity index (χ0v) is 18.2. The number of benzene rings is 3. The molecule has 3 aromatic carbocycles. The number of rotatable bonds is 7. The first kappa shape index (κ1) is 21.5. The highest BCUT2D eigenvalue weighted by Crippen LogP contribution is 2.38. The van der Waals surface area contributed by atoms with E-state index in [0.717, 1.165) is 22.3 Å². The maximum Gasteiger partial charge on any atom is 0.180 e. The first-order chi connectivity index (χ1) is 14.5. The van der Waals surface area contributed by atoms with Crippen molar-refractivity contribution in [3.8, 4) is 17.6 Å². The van der Waals surface area contributed by atoms with Gasteiger partial charge in [-0.1, -0.05) is 71.3 Å². The van der Waals surface area contributed by atoms with Gasteiger partial charge < -0.3 is 9.47 Å². The smallest absolute Gasteiger partial charge is 0.180 e. The van der Waals surface area contributed by atoms with Crippen LogP contribution in [0.3, 0.4) is 0 Å². The van der Waals surface area contributed by atoms with Gasteiger partial charge in [-0.05, 0) is 55.7 Å². The second kappa shape index (κ2) is 10.0. The summed E-state index contributed by atoms with van der Waals surface area (Å²) in [4.78, 5) is 0. The molecular formula is C26H24ClNO2. The van der Waals surface area contributed by atoms with Crippen molar-refractivity contribution >= 4 is 23.3 Å². The van der Waals surface area contributed by atoms with E-state index < -0.39 is 0 Å². The molecule has 3 nitrogen and oxygen atoms in total. The van der Waals surface area contributed by atoms with E-state index in [0.29, 0.717) is 35.3 Å². The molecule has 4 heteroatoms. The molecule has 152 valence electrons. The van der Waals surface area contributed by atoms with Gasteiger partial charge in [0.2, 0.25) is 0 Å². The van der Waals surface area contributed by atoms with Crippen LogP contribution in [-0.2, 0) is 6.61 Å². The molecule has 0 saturated heterocycles. The molecule has 3 aromatic rings. The molecule has 3 rings (SSSR count). The van der Waals surface area contributed by atoms with Crippen LogP contribution in [0.1, 0.15) is 34.7 Å². The highest BCUT2D eigenvalue weighted by Gasteiger charge is 2.13. The number of nitrogens with zero attached hydrogens (tertiary/aromatic N) is 1. The van der Waals surface area contributed by atoms with E-state index in [1.165, 1.54) is 5.56 Å². The summed E-state index contributed by atoms with van der Waals surface area (Å²) in [5.41, 5.74) is 5.59. The Morgan fingerprint density at radius 2 is 1.60 bits per heavy atom. The van der Waals surface area contributed by atoms with Crippen LogP contribution >= 0.6 is 11.6 Å². The maximum absolute atomic E-state index is 9.63. The van der Waals surface area contributed by atoms with Crippen molar-refractivity contribution in [2.45, 2.75) is 27.4 Å². The molecule has 0 atom stereocenters. The quantitative estimate of drug-likeness (QED) is 0.307. The average molecular weight is 418 g/mol. The highest BCUT2D eigenvalue weighted by atomic mass is 35.5.